The molecule has 1 aromatic carbocycles. The van der Waals surface area contributed by atoms with E-state index in [4.69, 9.17) is 10.2 Å². The zero-order valence-corrected chi connectivity index (χ0v) is 15.5. The van der Waals surface area contributed by atoms with Gasteiger partial charge in [0.1, 0.15) is 5.76 Å². The second-order valence-corrected chi connectivity index (χ2v) is 6.22. The molecule has 136 valence electrons. The van der Waals surface area contributed by atoms with Gasteiger partial charge in [-0.05, 0) is 31.5 Å². The predicted molar refractivity (Wildman–Crippen MR) is 98.7 cm³/mol. The van der Waals surface area contributed by atoms with E-state index in [1.54, 1.807) is 0 Å². The Morgan fingerprint density at radius 2 is 1.80 bits per heavy atom. The maximum Gasteiger partial charge on any atom is 0.253 e. The zero-order chi connectivity index (χ0) is 17.1. The third-order valence-corrected chi connectivity index (χ3v) is 4.53. The highest BCUT2D eigenvalue weighted by molar-refractivity contribution is 5.94. The first-order valence-corrected chi connectivity index (χ1v) is 8.30. The molecule has 2 N–H and O–H groups in total. The van der Waals surface area contributed by atoms with Crippen LogP contribution in [-0.4, -0.2) is 46.9 Å². The first-order valence-electron chi connectivity index (χ1n) is 8.30. The summed E-state index contributed by atoms with van der Waals surface area (Å²) in [7, 11) is 0. The minimum atomic E-state index is 0. The van der Waals surface area contributed by atoms with Gasteiger partial charge in [-0.15, -0.1) is 12.4 Å². The number of oxazole rings is 1. The Labute approximate surface area is 154 Å². The number of piperazine rings is 1. The Hall–Kier alpha value is -1.89. The van der Waals surface area contributed by atoms with E-state index >= 15 is 0 Å². The van der Waals surface area contributed by atoms with E-state index < -0.39 is 0 Å². The van der Waals surface area contributed by atoms with Crippen LogP contribution in [-0.2, 0) is 13.1 Å². The highest BCUT2D eigenvalue weighted by Crippen LogP contribution is 2.14. The molecule has 1 aromatic heterocycles. The fourth-order valence-corrected chi connectivity index (χ4v) is 2.87. The van der Waals surface area contributed by atoms with Gasteiger partial charge in [0.2, 0.25) is 5.89 Å². The lowest BCUT2D eigenvalue weighted by Crippen LogP contribution is -2.48. The van der Waals surface area contributed by atoms with Crippen LogP contribution in [0.15, 0.2) is 28.7 Å². The van der Waals surface area contributed by atoms with E-state index in [1.165, 1.54) is 0 Å². The molecule has 0 bridgehead atoms. The van der Waals surface area contributed by atoms with Crippen molar-refractivity contribution < 1.29 is 9.21 Å². The minimum Gasteiger partial charge on any atom is -0.444 e. The Morgan fingerprint density at radius 3 is 2.32 bits per heavy atom. The number of carbonyl (C=O) groups is 1. The molecule has 1 fully saturated rings. The highest BCUT2D eigenvalue weighted by atomic mass is 35.5. The molecule has 3 rings (SSSR count). The van der Waals surface area contributed by atoms with Gasteiger partial charge in [0.15, 0.2) is 0 Å². The van der Waals surface area contributed by atoms with E-state index in [9.17, 15) is 4.79 Å². The number of amides is 1. The summed E-state index contributed by atoms with van der Waals surface area (Å²) in [6, 6.07) is 7.54. The van der Waals surface area contributed by atoms with E-state index in [2.05, 4.69) is 9.88 Å². The van der Waals surface area contributed by atoms with Crippen LogP contribution in [0.3, 0.4) is 0 Å². The number of hydrogen-bond donors (Lipinski definition) is 1. The van der Waals surface area contributed by atoms with Crippen molar-refractivity contribution in [1.82, 2.24) is 14.8 Å². The Balaban J connectivity index is 0.00000225. The van der Waals surface area contributed by atoms with Gasteiger partial charge in [0.25, 0.3) is 5.91 Å². The van der Waals surface area contributed by atoms with Gasteiger partial charge in [0.05, 0.1) is 12.2 Å². The number of carbonyl (C=O) groups excluding carboxylic acids is 1. The van der Waals surface area contributed by atoms with Crippen LogP contribution in [0.1, 0.15) is 33.3 Å². The van der Waals surface area contributed by atoms with E-state index in [1.807, 2.05) is 43.0 Å². The van der Waals surface area contributed by atoms with Crippen molar-refractivity contribution in [3.05, 3.63) is 52.7 Å². The van der Waals surface area contributed by atoms with Crippen LogP contribution in [0.2, 0.25) is 0 Å². The Bertz CT molecular complexity index is 687. The Morgan fingerprint density at radius 1 is 1.16 bits per heavy atom. The molecule has 1 aliphatic rings. The largest absolute Gasteiger partial charge is 0.444 e. The van der Waals surface area contributed by atoms with Crippen LogP contribution in [0.25, 0.3) is 0 Å². The third kappa shape index (κ3) is 4.60. The minimum absolute atomic E-state index is 0. The number of nitrogens with zero attached hydrogens (tertiary/aromatic N) is 3. The first-order chi connectivity index (χ1) is 11.6. The fourth-order valence-electron chi connectivity index (χ4n) is 2.87. The number of benzene rings is 1. The summed E-state index contributed by atoms with van der Waals surface area (Å²) in [5.41, 5.74) is 8.30. The maximum absolute atomic E-state index is 12.6. The highest BCUT2D eigenvalue weighted by Gasteiger charge is 2.23. The fraction of sp³-hybridized carbons (Fsp3) is 0.444. The lowest BCUT2D eigenvalue weighted by Gasteiger charge is -2.34. The number of hydrogen-bond acceptors (Lipinski definition) is 5. The van der Waals surface area contributed by atoms with Crippen LogP contribution in [0.4, 0.5) is 0 Å². The summed E-state index contributed by atoms with van der Waals surface area (Å²) in [6.45, 7) is 8.16. The van der Waals surface area contributed by atoms with Crippen molar-refractivity contribution in [3.63, 3.8) is 0 Å². The second kappa shape index (κ2) is 8.47. The molecule has 25 heavy (non-hydrogen) atoms. The van der Waals surface area contributed by atoms with E-state index in [-0.39, 0.29) is 18.3 Å². The van der Waals surface area contributed by atoms with Crippen molar-refractivity contribution >= 4 is 18.3 Å². The monoisotopic (exact) mass is 364 g/mol. The second-order valence-electron chi connectivity index (χ2n) is 6.22. The normalized spacial score (nSPS) is 15.1. The molecule has 7 heteroatoms. The number of halogens is 1. The lowest BCUT2D eigenvalue weighted by molar-refractivity contribution is 0.0618. The standard InChI is InChI=1S/C18H24N4O2.ClH/c1-13-14(2)24-17(20-13)12-21-7-9-22(10-8-21)18(23)16-5-3-15(11-19)4-6-16;/h3-6H,7-12,19H2,1-2H3;1H. The summed E-state index contributed by atoms with van der Waals surface area (Å²) in [5.74, 6) is 1.71. The average molecular weight is 365 g/mol. The van der Waals surface area contributed by atoms with Crippen LogP contribution in [0, 0.1) is 13.8 Å². The summed E-state index contributed by atoms with van der Waals surface area (Å²) in [6.07, 6.45) is 0. The zero-order valence-electron chi connectivity index (χ0n) is 14.7. The van der Waals surface area contributed by atoms with E-state index in [0.717, 1.165) is 54.7 Å². The third-order valence-electron chi connectivity index (χ3n) is 4.53. The summed E-state index contributed by atoms with van der Waals surface area (Å²) < 4.78 is 5.64. The number of rotatable bonds is 4. The molecule has 0 unspecified atom stereocenters. The van der Waals surface area contributed by atoms with Crippen LogP contribution >= 0.6 is 12.4 Å². The van der Waals surface area contributed by atoms with Crippen molar-refractivity contribution in [1.29, 1.82) is 0 Å². The maximum atomic E-state index is 12.6. The number of aromatic nitrogens is 1. The van der Waals surface area contributed by atoms with Gasteiger partial charge < -0.3 is 15.1 Å². The lowest BCUT2D eigenvalue weighted by atomic mass is 10.1. The van der Waals surface area contributed by atoms with Crippen LogP contribution in [0.5, 0.6) is 0 Å². The SMILES string of the molecule is Cc1nc(CN2CCN(C(=O)c3ccc(CN)cc3)CC2)oc1C.Cl. The molecule has 0 spiro atoms. The van der Waals surface area contributed by atoms with Gasteiger partial charge in [-0.2, -0.15) is 0 Å². The predicted octanol–water partition coefficient (Wildman–Crippen LogP) is 2.13. The Kier molecular flexibility index (Phi) is 6.58. The molecule has 0 atom stereocenters. The van der Waals surface area contributed by atoms with Crippen molar-refractivity contribution in [2.45, 2.75) is 26.9 Å². The molecule has 1 amide bonds. The van der Waals surface area contributed by atoms with Crippen LogP contribution < -0.4 is 5.73 Å². The average Bonchev–Trinajstić information content (AvgIpc) is 2.92. The molecule has 0 radical (unpaired) electrons. The molecular weight excluding hydrogens is 340 g/mol. The van der Waals surface area contributed by atoms with Crippen molar-refractivity contribution in [2.24, 2.45) is 5.73 Å². The summed E-state index contributed by atoms with van der Waals surface area (Å²) in [5, 5.41) is 0. The molecule has 2 aromatic rings. The van der Waals surface area contributed by atoms with Gasteiger partial charge in [-0.3, -0.25) is 9.69 Å². The first kappa shape index (κ1) is 19.4. The van der Waals surface area contributed by atoms with Gasteiger partial charge >= 0.3 is 0 Å². The molecule has 2 heterocycles. The molecule has 1 saturated heterocycles. The molecule has 0 aliphatic carbocycles. The smallest absolute Gasteiger partial charge is 0.253 e. The number of aryl methyl sites for hydroxylation is 2. The van der Waals surface area contributed by atoms with Crippen molar-refractivity contribution in [3.8, 4) is 0 Å². The number of nitrogens with two attached hydrogens (primary N) is 1. The molecule has 6 nitrogen and oxygen atoms in total. The molecule has 0 saturated carbocycles. The summed E-state index contributed by atoms with van der Waals surface area (Å²) >= 11 is 0. The van der Waals surface area contributed by atoms with E-state index in [0.29, 0.717) is 13.1 Å². The topological polar surface area (TPSA) is 75.6 Å². The van der Waals surface area contributed by atoms with Gasteiger partial charge in [-0.1, -0.05) is 12.1 Å². The quantitative estimate of drug-likeness (QED) is 0.899. The summed E-state index contributed by atoms with van der Waals surface area (Å²) in [4.78, 5) is 21.2. The van der Waals surface area contributed by atoms with Crippen molar-refractivity contribution in [2.75, 3.05) is 26.2 Å². The van der Waals surface area contributed by atoms with Gasteiger partial charge in [0, 0.05) is 38.3 Å². The molecule has 1 aliphatic heterocycles. The van der Waals surface area contributed by atoms with Gasteiger partial charge in [-0.25, -0.2) is 4.98 Å². The molecular formula is C18H25ClN4O2.